The van der Waals surface area contributed by atoms with Crippen LogP contribution in [0.4, 0.5) is 5.69 Å². The Morgan fingerprint density at radius 2 is 1.83 bits per heavy atom. The van der Waals surface area contributed by atoms with Gasteiger partial charge in [0.2, 0.25) is 0 Å². The Kier molecular flexibility index (Phi) is 3.00. The van der Waals surface area contributed by atoms with Crippen molar-refractivity contribution in [1.29, 1.82) is 0 Å². The lowest BCUT2D eigenvalue weighted by molar-refractivity contribution is 0.553. The van der Waals surface area contributed by atoms with Gasteiger partial charge in [-0.25, -0.2) is 4.79 Å². The number of hydrogen-bond acceptors (Lipinski definition) is 3. The fourth-order valence-corrected chi connectivity index (χ4v) is 2.80. The maximum Gasteiger partial charge on any atom is 0.357 e. The first kappa shape index (κ1) is 11.6. The number of nitrogens with zero attached hydrogens (tertiary/aromatic N) is 1. The van der Waals surface area contributed by atoms with Crippen molar-refractivity contribution in [3.63, 3.8) is 0 Å². The quantitative estimate of drug-likeness (QED) is 0.739. The smallest absolute Gasteiger partial charge is 0.357 e. The minimum absolute atomic E-state index is 0.204. The molecule has 1 saturated heterocycles. The van der Waals surface area contributed by atoms with Crippen molar-refractivity contribution in [1.82, 2.24) is 0 Å². The van der Waals surface area contributed by atoms with Gasteiger partial charge in [-0.2, -0.15) is 0 Å². The zero-order chi connectivity index (χ0) is 12.5. The van der Waals surface area contributed by atoms with Crippen molar-refractivity contribution in [2.24, 2.45) is 0 Å². The summed E-state index contributed by atoms with van der Waals surface area (Å²) in [5.74, 6) is 0. The molecule has 1 fully saturated rings. The number of fused-ring (bicyclic) bond motifs is 1. The minimum Gasteiger partial charge on any atom is -0.422 e. The number of rotatable bonds is 1. The lowest BCUT2D eigenvalue weighted by atomic mass is 10.1. The van der Waals surface area contributed by atoms with Gasteiger partial charge < -0.3 is 9.32 Å². The van der Waals surface area contributed by atoms with Gasteiger partial charge in [0, 0.05) is 18.5 Å². The summed E-state index contributed by atoms with van der Waals surface area (Å²) >= 11 is 6.16. The Hall–Kier alpha value is -1.48. The second-order valence-corrected chi connectivity index (χ2v) is 4.97. The molecule has 94 valence electrons. The molecule has 1 aliphatic rings. The van der Waals surface area contributed by atoms with Crippen molar-refractivity contribution in [2.75, 3.05) is 18.0 Å². The molecular formula is C14H14ClNO2. The first-order valence-corrected chi connectivity index (χ1v) is 6.61. The summed E-state index contributed by atoms with van der Waals surface area (Å²) in [6, 6.07) is 7.56. The highest BCUT2D eigenvalue weighted by molar-refractivity contribution is 6.34. The molecule has 0 atom stereocenters. The van der Waals surface area contributed by atoms with Crippen molar-refractivity contribution >= 4 is 28.3 Å². The largest absolute Gasteiger partial charge is 0.422 e. The third-order valence-electron chi connectivity index (χ3n) is 3.40. The molecule has 0 unspecified atom stereocenters. The van der Waals surface area contributed by atoms with E-state index in [0.717, 1.165) is 37.0 Å². The fourth-order valence-electron chi connectivity index (χ4n) is 2.54. The molecule has 1 aromatic heterocycles. The van der Waals surface area contributed by atoms with Crippen LogP contribution in [0.1, 0.15) is 19.3 Å². The Balaban J connectivity index is 2.24. The summed E-state index contributed by atoms with van der Waals surface area (Å²) in [6.45, 7) is 1.90. The van der Waals surface area contributed by atoms with Gasteiger partial charge in [0.15, 0.2) is 0 Å². The molecule has 3 nitrogen and oxygen atoms in total. The zero-order valence-corrected chi connectivity index (χ0v) is 10.7. The van der Waals surface area contributed by atoms with Crippen LogP contribution in [0.5, 0.6) is 0 Å². The zero-order valence-electron chi connectivity index (χ0n) is 9.99. The molecule has 0 spiro atoms. The predicted octanol–water partition coefficient (Wildman–Crippen LogP) is 3.44. The number of hydrogen-bond donors (Lipinski definition) is 0. The van der Waals surface area contributed by atoms with Gasteiger partial charge in [-0.3, -0.25) is 0 Å². The molecule has 1 aliphatic heterocycles. The molecular weight excluding hydrogens is 250 g/mol. The predicted molar refractivity (Wildman–Crippen MR) is 73.6 cm³/mol. The van der Waals surface area contributed by atoms with Crippen LogP contribution in [0.2, 0.25) is 5.02 Å². The molecule has 0 amide bonds. The summed E-state index contributed by atoms with van der Waals surface area (Å²) in [4.78, 5) is 14.0. The molecule has 2 aromatic rings. The van der Waals surface area contributed by atoms with Crippen LogP contribution in [0, 0.1) is 0 Å². The number of piperidine rings is 1. The fraction of sp³-hybridized carbons (Fsp3) is 0.357. The van der Waals surface area contributed by atoms with Crippen molar-refractivity contribution in [3.05, 3.63) is 39.7 Å². The molecule has 0 saturated carbocycles. The number of anilines is 1. The van der Waals surface area contributed by atoms with Crippen LogP contribution < -0.4 is 10.5 Å². The van der Waals surface area contributed by atoms with E-state index >= 15 is 0 Å². The third kappa shape index (κ3) is 1.89. The number of halogens is 1. The van der Waals surface area contributed by atoms with E-state index in [1.54, 1.807) is 6.07 Å². The van der Waals surface area contributed by atoms with E-state index in [1.165, 1.54) is 6.42 Å². The normalized spacial score (nSPS) is 16.2. The average Bonchev–Trinajstić information content (AvgIpc) is 2.41. The molecule has 0 N–H and O–H groups in total. The first-order valence-electron chi connectivity index (χ1n) is 6.23. The van der Waals surface area contributed by atoms with Gasteiger partial charge in [-0.05, 0) is 31.4 Å². The van der Waals surface area contributed by atoms with Crippen molar-refractivity contribution in [2.45, 2.75) is 19.3 Å². The van der Waals surface area contributed by atoms with Crippen molar-refractivity contribution in [3.8, 4) is 0 Å². The van der Waals surface area contributed by atoms with E-state index in [-0.39, 0.29) is 5.02 Å². The molecule has 0 radical (unpaired) electrons. The highest BCUT2D eigenvalue weighted by atomic mass is 35.5. The highest BCUT2D eigenvalue weighted by Crippen LogP contribution is 2.33. The Bertz CT molecular complexity index is 629. The Morgan fingerprint density at radius 1 is 1.11 bits per heavy atom. The second kappa shape index (κ2) is 4.65. The lowest BCUT2D eigenvalue weighted by Gasteiger charge is -2.29. The van der Waals surface area contributed by atoms with Gasteiger partial charge >= 0.3 is 5.63 Å². The van der Waals surface area contributed by atoms with Crippen LogP contribution >= 0.6 is 11.6 Å². The summed E-state index contributed by atoms with van der Waals surface area (Å²) in [7, 11) is 0. The summed E-state index contributed by atoms with van der Waals surface area (Å²) in [5, 5.41) is 1.12. The molecule has 0 aliphatic carbocycles. The maximum atomic E-state index is 11.8. The molecule has 1 aromatic carbocycles. The molecule has 3 rings (SSSR count). The topological polar surface area (TPSA) is 33.5 Å². The SMILES string of the molecule is O=c1oc2ccccc2c(N2CCCCC2)c1Cl. The Morgan fingerprint density at radius 3 is 2.61 bits per heavy atom. The second-order valence-electron chi connectivity index (χ2n) is 4.60. The van der Waals surface area contributed by atoms with E-state index < -0.39 is 5.63 Å². The first-order chi connectivity index (χ1) is 8.77. The summed E-state index contributed by atoms with van der Waals surface area (Å²) in [5.41, 5.74) is 0.992. The van der Waals surface area contributed by atoms with Gasteiger partial charge in [-0.1, -0.05) is 23.7 Å². The molecule has 0 bridgehead atoms. The van der Waals surface area contributed by atoms with Crippen LogP contribution in [0.15, 0.2) is 33.5 Å². The van der Waals surface area contributed by atoms with E-state index in [2.05, 4.69) is 4.90 Å². The van der Waals surface area contributed by atoms with Crippen LogP contribution in [0.25, 0.3) is 11.0 Å². The maximum absolute atomic E-state index is 11.8. The van der Waals surface area contributed by atoms with Gasteiger partial charge in [0.1, 0.15) is 10.6 Å². The lowest BCUT2D eigenvalue weighted by Crippen LogP contribution is -2.30. The van der Waals surface area contributed by atoms with Crippen LogP contribution in [-0.2, 0) is 0 Å². The molecule has 4 heteroatoms. The monoisotopic (exact) mass is 263 g/mol. The van der Waals surface area contributed by atoms with E-state index in [1.807, 2.05) is 18.2 Å². The third-order valence-corrected chi connectivity index (χ3v) is 3.74. The molecule has 2 heterocycles. The highest BCUT2D eigenvalue weighted by Gasteiger charge is 2.20. The van der Waals surface area contributed by atoms with E-state index in [4.69, 9.17) is 16.0 Å². The standard InChI is InChI=1S/C14H14ClNO2/c15-12-13(16-8-4-1-5-9-16)10-6-2-3-7-11(10)18-14(12)17/h2-3,6-7H,1,4-5,8-9H2. The Labute approximate surface area is 110 Å². The van der Waals surface area contributed by atoms with Crippen LogP contribution in [-0.4, -0.2) is 13.1 Å². The van der Waals surface area contributed by atoms with E-state index in [0.29, 0.717) is 5.58 Å². The average molecular weight is 264 g/mol. The van der Waals surface area contributed by atoms with Gasteiger partial charge in [-0.15, -0.1) is 0 Å². The minimum atomic E-state index is -0.448. The summed E-state index contributed by atoms with van der Waals surface area (Å²) in [6.07, 6.45) is 3.53. The van der Waals surface area contributed by atoms with Crippen molar-refractivity contribution < 1.29 is 4.42 Å². The van der Waals surface area contributed by atoms with E-state index in [9.17, 15) is 4.79 Å². The van der Waals surface area contributed by atoms with Gasteiger partial charge in [0.05, 0.1) is 5.69 Å². The number of benzene rings is 1. The van der Waals surface area contributed by atoms with Gasteiger partial charge in [0.25, 0.3) is 0 Å². The summed E-state index contributed by atoms with van der Waals surface area (Å²) < 4.78 is 5.21. The van der Waals surface area contributed by atoms with Crippen LogP contribution in [0.3, 0.4) is 0 Å². The molecule has 18 heavy (non-hydrogen) atoms. The number of para-hydroxylation sites is 1.